The van der Waals surface area contributed by atoms with Gasteiger partial charge in [0, 0.05) is 13.6 Å². The number of imide groups is 1. The number of allylic oxidation sites excluding steroid dienone is 1. The van der Waals surface area contributed by atoms with E-state index in [2.05, 4.69) is 13.8 Å². The highest BCUT2D eigenvalue weighted by Crippen LogP contribution is 2.38. The van der Waals surface area contributed by atoms with E-state index in [1.54, 1.807) is 7.05 Å². The average molecular weight is 266 g/mol. The zero-order chi connectivity index (χ0) is 14.2. The predicted molar refractivity (Wildman–Crippen MR) is 71.7 cm³/mol. The number of hydrogen-bond donors (Lipinski definition) is 0. The smallest absolute Gasteiger partial charge is 0.327 e. The molecule has 0 saturated carbocycles. The summed E-state index contributed by atoms with van der Waals surface area (Å²) in [7, 11) is 1.64. The fourth-order valence-corrected chi connectivity index (χ4v) is 2.30. The highest BCUT2D eigenvalue weighted by molar-refractivity contribution is 6.01. The quantitative estimate of drug-likeness (QED) is 0.433. The van der Waals surface area contributed by atoms with Crippen molar-refractivity contribution < 1.29 is 14.3 Å². The van der Waals surface area contributed by atoms with Gasteiger partial charge >= 0.3 is 6.03 Å². The maximum atomic E-state index is 11.7. The minimum atomic E-state index is -0.208. The Kier molecular flexibility index (Phi) is 3.67. The lowest BCUT2D eigenvalue weighted by Gasteiger charge is -2.12. The van der Waals surface area contributed by atoms with Crippen LogP contribution in [0.3, 0.4) is 0 Å². The molecule has 5 nitrogen and oxygen atoms in total. The molecule has 3 amide bonds. The molecule has 0 aromatic heterocycles. The molecule has 0 radical (unpaired) electrons. The molecule has 1 unspecified atom stereocenters. The van der Waals surface area contributed by atoms with Gasteiger partial charge in [-0.2, -0.15) is 0 Å². The zero-order valence-corrected chi connectivity index (χ0v) is 12.1. The molecule has 19 heavy (non-hydrogen) atoms. The van der Waals surface area contributed by atoms with Crippen molar-refractivity contribution in [1.29, 1.82) is 0 Å². The summed E-state index contributed by atoms with van der Waals surface area (Å²) in [5, 5.41) is 0. The number of epoxide rings is 1. The van der Waals surface area contributed by atoms with Crippen LogP contribution in [0.25, 0.3) is 0 Å². The molecule has 0 spiro atoms. The maximum Gasteiger partial charge on any atom is 0.327 e. The van der Waals surface area contributed by atoms with E-state index in [4.69, 9.17) is 4.74 Å². The monoisotopic (exact) mass is 266 g/mol. The van der Waals surface area contributed by atoms with Gasteiger partial charge in [0.25, 0.3) is 5.91 Å². The number of rotatable bonds is 5. The van der Waals surface area contributed by atoms with Crippen LogP contribution in [0.2, 0.25) is 0 Å². The first kappa shape index (κ1) is 14.1. The van der Waals surface area contributed by atoms with Crippen molar-refractivity contribution >= 4 is 11.9 Å². The zero-order valence-electron chi connectivity index (χ0n) is 12.1. The van der Waals surface area contributed by atoms with Crippen LogP contribution >= 0.6 is 0 Å². The fraction of sp³-hybridized carbons (Fsp3) is 0.714. The summed E-state index contributed by atoms with van der Waals surface area (Å²) in [6.45, 7) is 6.78. The molecular formula is C14H22N2O3. The Hall–Kier alpha value is -1.36. The number of likely N-dealkylation sites (N-methyl/N-ethyl adjacent to an activating group) is 1. The summed E-state index contributed by atoms with van der Waals surface area (Å²) in [6.07, 6.45) is 4.25. The molecule has 2 fully saturated rings. The van der Waals surface area contributed by atoms with E-state index in [9.17, 15) is 9.59 Å². The lowest BCUT2D eigenvalue weighted by Crippen LogP contribution is -2.31. The number of carbonyl (C=O) groups excluding carboxylic acids is 2. The molecule has 0 aromatic rings. The van der Waals surface area contributed by atoms with Crippen LogP contribution in [0, 0.1) is 0 Å². The minimum Gasteiger partial charge on any atom is -0.367 e. The Morgan fingerprint density at radius 1 is 1.47 bits per heavy atom. The fourth-order valence-electron chi connectivity index (χ4n) is 2.30. The summed E-state index contributed by atoms with van der Waals surface area (Å²) in [5.74, 6) is -0.122. The normalized spacial score (nSPS) is 26.3. The first-order valence-corrected chi connectivity index (χ1v) is 6.70. The van der Waals surface area contributed by atoms with Crippen molar-refractivity contribution in [3.05, 3.63) is 11.6 Å². The number of amides is 3. The van der Waals surface area contributed by atoms with Gasteiger partial charge in [0.1, 0.15) is 6.54 Å². The Balaban J connectivity index is 1.78. The van der Waals surface area contributed by atoms with Gasteiger partial charge in [-0.3, -0.25) is 9.69 Å². The first-order valence-electron chi connectivity index (χ1n) is 6.70. The molecule has 0 N–H and O–H groups in total. The molecule has 2 aliphatic heterocycles. The van der Waals surface area contributed by atoms with E-state index in [0.29, 0.717) is 12.6 Å². The van der Waals surface area contributed by atoms with Crippen LogP contribution < -0.4 is 0 Å². The molecule has 2 aliphatic rings. The first-order chi connectivity index (χ1) is 8.81. The number of carbonyl (C=O) groups is 2. The molecular weight excluding hydrogens is 244 g/mol. The van der Waals surface area contributed by atoms with Crippen LogP contribution in [0.1, 0.15) is 33.6 Å². The molecule has 1 atom stereocenters. The van der Waals surface area contributed by atoms with Crippen LogP contribution in [0.5, 0.6) is 0 Å². The Labute approximate surface area is 114 Å². The highest BCUT2D eigenvalue weighted by atomic mass is 16.6. The van der Waals surface area contributed by atoms with Crippen molar-refractivity contribution in [3.63, 3.8) is 0 Å². The SMILES string of the molecule is CC(=CCN1C(=O)CN(C)C1=O)CCC1OC1(C)C. The Bertz CT molecular complexity index is 428. The summed E-state index contributed by atoms with van der Waals surface area (Å²) >= 11 is 0. The van der Waals surface area contributed by atoms with Crippen molar-refractivity contribution in [3.8, 4) is 0 Å². The molecule has 5 heteroatoms. The third-order valence-corrected chi connectivity index (χ3v) is 3.82. The average Bonchev–Trinajstić information content (AvgIpc) is 2.85. The van der Waals surface area contributed by atoms with Crippen LogP contribution in [0.15, 0.2) is 11.6 Å². The van der Waals surface area contributed by atoms with Gasteiger partial charge < -0.3 is 9.64 Å². The highest BCUT2D eigenvalue weighted by Gasteiger charge is 2.46. The van der Waals surface area contributed by atoms with E-state index in [0.717, 1.165) is 12.8 Å². The second-order valence-corrected chi connectivity index (χ2v) is 5.94. The number of hydrogen-bond acceptors (Lipinski definition) is 3. The van der Waals surface area contributed by atoms with Crippen molar-refractivity contribution in [2.45, 2.75) is 45.3 Å². The predicted octanol–water partition coefficient (Wildman–Crippen LogP) is 1.78. The van der Waals surface area contributed by atoms with E-state index in [-0.39, 0.29) is 24.1 Å². The van der Waals surface area contributed by atoms with Crippen molar-refractivity contribution in [1.82, 2.24) is 9.80 Å². The number of nitrogens with zero attached hydrogens (tertiary/aromatic N) is 2. The van der Waals surface area contributed by atoms with E-state index in [1.165, 1.54) is 15.4 Å². The van der Waals surface area contributed by atoms with Gasteiger partial charge in [-0.15, -0.1) is 0 Å². The summed E-state index contributed by atoms with van der Waals surface area (Å²) < 4.78 is 5.53. The van der Waals surface area contributed by atoms with E-state index in [1.807, 2.05) is 13.0 Å². The van der Waals surface area contributed by atoms with Crippen LogP contribution in [0.4, 0.5) is 4.79 Å². The summed E-state index contributed by atoms with van der Waals surface area (Å²) in [6, 6.07) is -0.208. The van der Waals surface area contributed by atoms with Gasteiger partial charge in [0.2, 0.25) is 0 Å². The molecule has 106 valence electrons. The standard InChI is InChI=1S/C14H22N2O3/c1-10(5-6-11-14(2,3)19-11)7-8-16-12(17)9-15(4)13(16)18/h7,11H,5-6,8-9H2,1-4H3. The third-order valence-electron chi connectivity index (χ3n) is 3.82. The second-order valence-electron chi connectivity index (χ2n) is 5.94. The molecule has 2 heterocycles. The van der Waals surface area contributed by atoms with E-state index < -0.39 is 0 Å². The Morgan fingerprint density at radius 3 is 2.58 bits per heavy atom. The minimum absolute atomic E-state index is 0.0316. The second kappa shape index (κ2) is 4.96. The molecule has 0 aliphatic carbocycles. The number of ether oxygens (including phenoxy) is 1. The molecule has 2 saturated heterocycles. The van der Waals surface area contributed by atoms with Crippen molar-refractivity contribution in [2.24, 2.45) is 0 Å². The molecule has 0 bridgehead atoms. The maximum absolute atomic E-state index is 11.7. The summed E-state index contributed by atoms with van der Waals surface area (Å²) in [4.78, 5) is 26.0. The van der Waals surface area contributed by atoms with Crippen LogP contribution in [-0.2, 0) is 9.53 Å². The van der Waals surface area contributed by atoms with Gasteiger partial charge in [0.05, 0.1) is 11.7 Å². The lowest BCUT2D eigenvalue weighted by molar-refractivity contribution is -0.124. The van der Waals surface area contributed by atoms with Crippen LogP contribution in [-0.4, -0.2) is 53.6 Å². The lowest BCUT2D eigenvalue weighted by atomic mass is 10.0. The van der Waals surface area contributed by atoms with E-state index >= 15 is 0 Å². The molecule has 0 aromatic carbocycles. The van der Waals surface area contributed by atoms with Gasteiger partial charge in [-0.05, 0) is 33.6 Å². The number of urea groups is 1. The largest absolute Gasteiger partial charge is 0.367 e. The van der Waals surface area contributed by atoms with Gasteiger partial charge in [-0.1, -0.05) is 11.6 Å². The van der Waals surface area contributed by atoms with Gasteiger partial charge in [0.15, 0.2) is 0 Å². The summed E-state index contributed by atoms with van der Waals surface area (Å²) in [5.41, 5.74) is 1.23. The van der Waals surface area contributed by atoms with Crippen molar-refractivity contribution in [2.75, 3.05) is 20.1 Å². The topological polar surface area (TPSA) is 53.2 Å². The third kappa shape index (κ3) is 3.15. The Morgan fingerprint density at radius 2 is 2.11 bits per heavy atom. The van der Waals surface area contributed by atoms with Gasteiger partial charge in [-0.25, -0.2) is 4.79 Å². The molecule has 2 rings (SSSR count).